The summed E-state index contributed by atoms with van der Waals surface area (Å²) in [6.07, 6.45) is 0. The molecule has 146 valence electrons. The minimum absolute atomic E-state index is 0.124. The predicted octanol–water partition coefficient (Wildman–Crippen LogP) is 3.18. The van der Waals surface area contributed by atoms with Gasteiger partial charge in [0.25, 0.3) is 0 Å². The molecule has 0 radical (unpaired) electrons. The monoisotopic (exact) mass is 410 g/mol. The number of hydrogen-bond acceptors (Lipinski definition) is 5. The Bertz CT molecular complexity index is 925. The van der Waals surface area contributed by atoms with Crippen molar-refractivity contribution in [3.63, 3.8) is 0 Å². The molecule has 1 aliphatic rings. The van der Waals surface area contributed by atoms with Gasteiger partial charge in [-0.25, -0.2) is 8.42 Å². The minimum Gasteiger partial charge on any atom is -0.496 e. The van der Waals surface area contributed by atoms with Gasteiger partial charge in [-0.05, 0) is 30.7 Å². The lowest BCUT2D eigenvalue weighted by atomic mass is 10.2. The summed E-state index contributed by atoms with van der Waals surface area (Å²) in [5.74, 6) is 0.839. The molecule has 0 saturated carbocycles. The Morgan fingerprint density at radius 1 is 0.963 bits per heavy atom. The second kappa shape index (κ2) is 7.96. The van der Waals surface area contributed by atoms with Crippen LogP contribution in [0.3, 0.4) is 0 Å². The van der Waals surface area contributed by atoms with E-state index in [2.05, 4.69) is 4.90 Å². The van der Waals surface area contributed by atoms with Crippen molar-refractivity contribution in [3.8, 4) is 11.5 Å². The number of hydrogen-bond donors (Lipinski definition) is 0. The van der Waals surface area contributed by atoms with Gasteiger partial charge in [-0.3, -0.25) is 0 Å². The Hall–Kier alpha value is -1.96. The van der Waals surface area contributed by atoms with Gasteiger partial charge >= 0.3 is 0 Å². The molecule has 2 aromatic rings. The maximum absolute atomic E-state index is 13.2. The van der Waals surface area contributed by atoms with Crippen LogP contribution in [0.4, 0.5) is 5.69 Å². The lowest BCUT2D eigenvalue weighted by Crippen LogP contribution is -2.48. The predicted molar refractivity (Wildman–Crippen MR) is 107 cm³/mol. The van der Waals surface area contributed by atoms with Gasteiger partial charge in [-0.1, -0.05) is 23.7 Å². The molecule has 2 aromatic carbocycles. The molecule has 3 rings (SSSR count). The first-order valence-corrected chi connectivity index (χ1v) is 10.4. The Morgan fingerprint density at radius 3 is 2.19 bits per heavy atom. The summed E-state index contributed by atoms with van der Waals surface area (Å²) in [4.78, 5) is 2.22. The number of aryl methyl sites for hydroxylation is 1. The summed E-state index contributed by atoms with van der Waals surface area (Å²) < 4.78 is 38.5. The highest BCUT2D eigenvalue weighted by molar-refractivity contribution is 7.89. The van der Waals surface area contributed by atoms with Crippen molar-refractivity contribution in [2.45, 2.75) is 11.8 Å². The van der Waals surface area contributed by atoms with Gasteiger partial charge in [-0.2, -0.15) is 4.31 Å². The molecule has 1 saturated heterocycles. The highest BCUT2D eigenvalue weighted by Gasteiger charge is 2.32. The standard InChI is InChI=1S/C19H23ClN2O4S/c1-14-12-18(26-3)19(13-17(14)25-2)27(23,24)22-10-8-21(9-11-22)16-7-5-4-6-15(16)20/h4-7,12-13H,8-11H2,1-3H3. The lowest BCUT2D eigenvalue weighted by molar-refractivity contribution is 0.370. The molecule has 0 bridgehead atoms. The van der Waals surface area contributed by atoms with Crippen LogP contribution < -0.4 is 14.4 Å². The van der Waals surface area contributed by atoms with E-state index in [0.717, 1.165) is 11.3 Å². The smallest absolute Gasteiger partial charge is 0.247 e. The molecule has 1 heterocycles. The number of ether oxygens (including phenoxy) is 2. The summed E-state index contributed by atoms with van der Waals surface area (Å²) >= 11 is 6.26. The van der Waals surface area contributed by atoms with Gasteiger partial charge in [0.15, 0.2) is 0 Å². The van der Waals surface area contributed by atoms with E-state index in [1.165, 1.54) is 24.6 Å². The average molecular weight is 411 g/mol. The first-order valence-electron chi connectivity index (χ1n) is 8.60. The molecular weight excluding hydrogens is 388 g/mol. The molecule has 1 aliphatic heterocycles. The summed E-state index contributed by atoms with van der Waals surface area (Å²) in [6, 6.07) is 10.8. The van der Waals surface area contributed by atoms with Gasteiger partial charge in [0.2, 0.25) is 10.0 Å². The van der Waals surface area contributed by atoms with Crippen LogP contribution in [0.1, 0.15) is 5.56 Å². The van der Waals surface area contributed by atoms with Crippen LogP contribution in [0.2, 0.25) is 5.02 Å². The zero-order valence-corrected chi connectivity index (χ0v) is 17.2. The van der Waals surface area contributed by atoms with Crippen molar-refractivity contribution in [2.75, 3.05) is 45.3 Å². The Balaban J connectivity index is 1.84. The van der Waals surface area contributed by atoms with Gasteiger partial charge in [0.05, 0.1) is 24.9 Å². The normalized spacial score (nSPS) is 15.6. The van der Waals surface area contributed by atoms with Gasteiger partial charge in [0.1, 0.15) is 16.4 Å². The third-order valence-corrected chi connectivity index (χ3v) is 6.97. The number of anilines is 1. The highest BCUT2D eigenvalue weighted by atomic mass is 35.5. The third kappa shape index (κ3) is 3.85. The molecule has 0 unspecified atom stereocenters. The van der Waals surface area contributed by atoms with E-state index in [-0.39, 0.29) is 4.90 Å². The molecule has 27 heavy (non-hydrogen) atoms. The number of halogens is 1. The van der Waals surface area contributed by atoms with E-state index >= 15 is 0 Å². The fraction of sp³-hybridized carbons (Fsp3) is 0.368. The molecular formula is C19H23ClN2O4S. The maximum Gasteiger partial charge on any atom is 0.247 e. The molecule has 0 aliphatic carbocycles. The first kappa shape index (κ1) is 19.8. The van der Waals surface area contributed by atoms with Crippen molar-refractivity contribution in [1.29, 1.82) is 0 Å². The number of para-hydroxylation sites is 1. The fourth-order valence-corrected chi connectivity index (χ4v) is 5.07. The van der Waals surface area contributed by atoms with E-state index in [4.69, 9.17) is 21.1 Å². The van der Waals surface area contributed by atoms with Crippen LogP contribution in [0.5, 0.6) is 11.5 Å². The van der Waals surface area contributed by atoms with Crippen LogP contribution in [-0.2, 0) is 10.0 Å². The van der Waals surface area contributed by atoms with Gasteiger partial charge < -0.3 is 14.4 Å². The van der Waals surface area contributed by atoms with Crippen LogP contribution in [0.15, 0.2) is 41.3 Å². The van der Waals surface area contributed by atoms with Crippen LogP contribution >= 0.6 is 11.6 Å². The van der Waals surface area contributed by atoms with Crippen LogP contribution in [-0.4, -0.2) is 53.1 Å². The zero-order chi connectivity index (χ0) is 19.6. The van der Waals surface area contributed by atoms with Crippen molar-refractivity contribution >= 4 is 27.3 Å². The summed E-state index contributed by atoms with van der Waals surface area (Å²) in [5, 5.41) is 0.666. The second-order valence-corrected chi connectivity index (χ2v) is 8.63. The summed E-state index contributed by atoms with van der Waals surface area (Å²) in [7, 11) is -0.712. The molecule has 0 aromatic heterocycles. The van der Waals surface area contributed by atoms with Crippen molar-refractivity contribution in [3.05, 3.63) is 47.0 Å². The molecule has 1 fully saturated rings. The Kier molecular flexibility index (Phi) is 5.83. The van der Waals surface area contributed by atoms with E-state index in [9.17, 15) is 8.42 Å². The van der Waals surface area contributed by atoms with Crippen LogP contribution in [0.25, 0.3) is 0 Å². The average Bonchev–Trinajstić information content (AvgIpc) is 2.68. The van der Waals surface area contributed by atoms with Crippen molar-refractivity contribution < 1.29 is 17.9 Å². The number of rotatable bonds is 5. The van der Waals surface area contributed by atoms with E-state index < -0.39 is 10.0 Å². The quantitative estimate of drug-likeness (QED) is 0.757. The Morgan fingerprint density at radius 2 is 1.59 bits per heavy atom. The minimum atomic E-state index is -3.70. The highest BCUT2D eigenvalue weighted by Crippen LogP contribution is 2.34. The largest absolute Gasteiger partial charge is 0.496 e. The molecule has 0 spiro atoms. The van der Waals surface area contributed by atoms with Crippen molar-refractivity contribution in [2.24, 2.45) is 0 Å². The molecule has 8 heteroatoms. The maximum atomic E-state index is 13.2. The van der Waals surface area contributed by atoms with Gasteiger partial charge in [-0.15, -0.1) is 0 Å². The number of benzene rings is 2. The molecule has 0 N–H and O–H groups in total. The number of sulfonamides is 1. The lowest BCUT2D eigenvalue weighted by Gasteiger charge is -2.36. The summed E-state index contributed by atoms with van der Waals surface area (Å²) in [5.41, 5.74) is 1.74. The zero-order valence-electron chi connectivity index (χ0n) is 15.6. The SMILES string of the molecule is COc1cc(S(=O)(=O)N2CCN(c3ccccc3Cl)CC2)c(OC)cc1C. The van der Waals surface area contributed by atoms with Crippen LogP contribution in [0, 0.1) is 6.92 Å². The first-order chi connectivity index (χ1) is 12.9. The number of nitrogens with zero attached hydrogens (tertiary/aromatic N) is 2. The second-order valence-electron chi connectivity index (χ2n) is 6.32. The van der Waals surface area contributed by atoms with Crippen molar-refractivity contribution in [1.82, 2.24) is 4.31 Å². The number of piperazine rings is 1. The van der Waals surface area contributed by atoms with E-state index in [0.29, 0.717) is 42.7 Å². The number of methoxy groups -OCH3 is 2. The molecule has 0 amide bonds. The fourth-order valence-electron chi connectivity index (χ4n) is 3.24. The topological polar surface area (TPSA) is 59.1 Å². The van der Waals surface area contributed by atoms with E-state index in [1.807, 2.05) is 31.2 Å². The molecule has 0 atom stereocenters. The Labute approximate surface area is 165 Å². The summed E-state index contributed by atoms with van der Waals surface area (Å²) in [6.45, 7) is 3.71. The molecule has 6 nitrogen and oxygen atoms in total. The third-order valence-electron chi connectivity index (χ3n) is 4.73. The van der Waals surface area contributed by atoms with Gasteiger partial charge in [0, 0.05) is 32.2 Å². The van der Waals surface area contributed by atoms with E-state index in [1.54, 1.807) is 6.07 Å².